The number of rotatable bonds is 6. The average molecular weight is 443 g/mol. The number of fused-ring (bicyclic) bond motifs is 1. The molecule has 0 spiro atoms. The maximum atomic E-state index is 11.9. The Labute approximate surface area is 170 Å². The number of hydrogen-bond donors (Lipinski definition) is 2. The fourth-order valence-electron chi connectivity index (χ4n) is 2.62. The molecule has 0 saturated heterocycles. The van der Waals surface area contributed by atoms with Gasteiger partial charge in [-0.2, -0.15) is 0 Å². The van der Waals surface area contributed by atoms with Crippen LogP contribution in [0.25, 0.3) is 10.8 Å². The van der Waals surface area contributed by atoms with Gasteiger partial charge < -0.3 is 9.47 Å². The van der Waals surface area contributed by atoms with Gasteiger partial charge in [-0.1, -0.05) is 42.5 Å². The summed E-state index contributed by atoms with van der Waals surface area (Å²) in [4.78, 5) is 23.9. The van der Waals surface area contributed by atoms with Crippen LogP contribution in [-0.4, -0.2) is 25.5 Å². The number of methoxy groups -OCH3 is 1. The van der Waals surface area contributed by atoms with Crippen molar-refractivity contribution in [2.75, 3.05) is 13.7 Å². The highest BCUT2D eigenvalue weighted by Gasteiger charge is 2.10. The molecule has 6 nitrogen and oxygen atoms in total. The number of carbonyl (C=O) groups excluding carboxylic acids is 2. The van der Waals surface area contributed by atoms with Crippen LogP contribution < -0.4 is 20.3 Å². The van der Waals surface area contributed by atoms with Crippen molar-refractivity contribution in [2.24, 2.45) is 0 Å². The van der Waals surface area contributed by atoms with Crippen LogP contribution in [0.3, 0.4) is 0 Å². The Balaban J connectivity index is 1.47. The van der Waals surface area contributed by atoms with E-state index in [1.807, 2.05) is 30.3 Å². The standard InChI is InChI=1S/C21H19BrN2O4/c1-27-16-9-6-14(7-10-16)12-19(25)23-24-20(26)13-28-18-11-8-15-4-2-3-5-17(15)21(18)22/h2-11H,12-13H2,1H3,(H,23,25)(H,24,26). The number of hydrazine groups is 1. The Kier molecular flexibility index (Phi) is 6.49. The molecule has 2 N–H and O–H groups in total. The van der Waals surface area contributed by atoms with Crippen LogP contribution in [0.1, 0.15) is 5.56 Å². The first-order valence-electron chi connectivity index (χ1n) is 8.57. The Morgan fingerprint density at radius 3 is 2.39 bits per heavy atom. The van der Waals surface area contributed by atoms with Crippen LogP contribution in [0.15, 0.2) is 65.1 Å². The zero-order valence-corrected chi connectivity index (χ0v) is 16.8. The number of amides is 2. The maximum absolute atomic E-state index is 11.9. The van der Waals surface area contributed by atoms with Gasteiger partial charge in [0.25, 0.3) is 5.91 Å². The van der Waals surface area contributed by atoms with Gasteiger partial charge in [0.2, 0.25) is 5.91 Å². The molecule has 3 rings (SSSR count). The van der Waals surface area contributed by atoms with E-state index >= 15 is 0 Å². The topological polar surface area (TPSA) is 76.7 Å². The predicted molar refractivity (Wildman–Crippen MR) is 110 cm³/mol. The van der Waals surface area contributed by atoms with E-state index in [9.17, 15) is 9.59 Å². The molecule has 0 atom stereocenters. The van der Waals surface area contributed by atoms with Gasteiger partial charge in [0.15, 0.2) is 6.61 Å². The monoisotopic (exact) mass is 442 g/mol. The van der Waals surface area contributed by atoms with Crippen molar-refractivity contribution in [2.45, 2.75) is 6.42 Å². The zero-order chi connectivity index (χ0) is 19.9. The van der Waals surface area contributed by atoms with Crippen molar-refractivity contribution in [3.8, 4) is 11.5 Å². The highest BCUT2D eigenvalue weighted by atomic mass is 79.9. The lowest BCUT2D eigenvalue weighted by Crippen LogP contribution is -2.44. The number of halogens is 1. The number of benzene rings is 3. The van der Waals surface area contributed by atoms with Crippen molar-refractivity contribution in [3.05, 3.63) is 70.7 Å². The molecule has 0 aromatic heterocycles. The van der Waals surface area contributed by atoms with Crippen LogP contribution in [0, 0.1) is 0 Å². The van der Waals surface area contributed by atoms with Gasteiger partial charge in [-0.15, -0.1) is 0 Å². The van der Waals surface area contributed by atoms with Crippen LogP contribution in [0.4, 0.5) is 0 Å². The minimum absolute atomic E-state index is 0.140. The predicted octanol–water partition coefficient (Wildman–Crippen LogP) is 3.38. The summed E-state index contributed by atoms with van der Waals surface area (Å²) >= 11 is 3.51. The van der Waals surface area contributed by atoms with Gasteiger partial charge in [-0.25, -0.2) is 0 Å². The lowest BCUT2D eigenvalue weighted by molar-refractivity contribution is -0.129. The molecule has 0 bridgehead atoms. The maximum Gasteiger partial charge on any atom is 0.276 e. The van der Waals surface area contributed by atoms with Crippen LogP contribution in [0.2, 0.25) is 0 Å². The SMILES string of the molecule is COc1ccc(CC(=O)NNC(=O)COc2ccc3ccccc3c2Br)cc1. The minimum atomic E-state index is -0.455. The number of ether oxygens (including phenoxy) is 2. The average Bonchev–Trinajstić information content (AvgIpc) is 2.72. The first-order chi connectivity index (χ1) is 13.6. The lowest BCUT2D eigenvalue weighted by atomic mass is 10.1. The van der Waals surface area contributed by atoms with Crippen molar-refractivity contribution in [1.82, 2.24) is 10.9 Å². The third-order valence-electron chi connectivity index (χ3n) is 4.05. The normalized spacial score (nSPS) is 10.4. The second kappa shape index (κ2) is 9.23. The molecule has 0 unspecified atom stereocenters. The molecule has 0 fully saturated rings. The zero-order valence-electron chi connectivity index (χ0n) is 15.2. The summed E-state index contributed by atoms with van der Waals surface area (Å²) in [5.41, 5.74) is 5.54. The summed E-state index contributed by atoms with van der Waals surface area (Å²) < 4.78 is 11.4. The van der Waals surface area contributed by atoms with Crippen LogP contribution in [0.5, 0.6) is 11.5 Å². The Hall–Kier alpha value is -3.06. The first-order valence-corrected chi connectivity index (χ1v) is 9.37. The molecule has 144 valence electrons. The van der Waals surface area contributed by atoms with Gasteiger partial charge in [-0.3, -0.25) is 20.4 Å². The number of nitrogens with one attached hydrogen (secondary N) is 2. The lowest BCUT2D eigenvalue weighted by Gasteiger charge is -2.11. The fourth-order valence-corrected chi connectivity index (χ4v) is 3.22. The molecular formula is C21H19BrN2O4. The molecule has 2 amide bonds. The summed E-state index contributed by atoms with van der Waals surface area (Å²) in [5, 5.41) is 2.06. The van der Waals surface area contributed by atoms with Crippen molar-refractivity contribution >= 4 is 38.5 Å². The van der Waals surface area contributed by atoms with Crippen molar-refractivity contribution in [3.63, 3.8) is 0 Å². The van der Waals surface area contributed by atoms with E-state index in [-0.39, 0.29) is 18.9 Å². The third kappa shape index (κ3) is 5.01. The molecular weight excluding hydrogens is 424 g/mol. The summed E-state index contributed by atoms with van der Waals surface area (Å²) in [6.07, 6.45) is 0.140. The Morgan fingerprint density at radius 1 is 0.929 bits per heavy atom. The van der Waals surface area contributed by atoms with E-state index in [0.717, 1.165) is 26.6 Å². The fraction of sp³-hybridized carbons (Fsp3) is 0.143. The summed E-state index contributed by atoms with van der Waals surface area (Å²) in [6, 6.07) is 18.7. The Morgan fingerprint density at radius 2 is 1.64 bits per heavy atom. The molecule has 0 aliphatic heterocycles. The summed E-state index contributed by atoms with van der Waals surface area (Å²) in [6.45, 7) is -0.222. The second-order valence-electron chi connectivity index (χ2n) is 6.01. The first kappa shape index (κ1) is 19.7. The van der Waals surface area contributed by atoms with E-state index in [1.54, 1.807) is 37.4 Å². The molecule has 0 heterocycles. The second-order valence-corrected chi connectivity index (χ2v) is 6.80. The number of hydrogen-bond acceptors (Lipinski definition) is 4. The molecule has 7 heteroatoms. The van der Waals surface area contributed by atoms with E-state index in [0.29, 0.717) is 5.75 Å². The van der Waals surface area contributed by atoms with E-state index in [2.05, 4.69) is 26.8 Å². The van der Waals surface area contributed by atoms with Gasteiger partial charge in [0.05, 0.1) is 18.0 Å². The van der Waals surface area contributed by atoms with Crippen LogP contribution in [-0.2, 0) is 16.0 Å². The van der Waals surface area contributed by atoms with Gasteiger partial charge in [-0.05, 0) is 50.5 Å². The molecule has 3 aromatic carbocycles. The minimum Gasteiger partial charge on any atom is -0.497 e. The highest BCUT2D eigenvalue weighted by Crippen LogP contribution is 2.32. The largest absolute Gasteiger partial charge is 0.497 e. The molecule has 0 radical (unpaired) electrons. The van der Waals surface area contributed by atoms with Gasteiger partial charge in [0, 0.05) is 0 Å². The van der Waals surface area contributed by atoms with Crippen LogP contribution >= 0.6 is 15.9 Å². The molecule has 0 aliphatic carbocycles. The van der Waals surface area contributed by atoms with E-state index in [4.69, 9.17) is 9.47 Å². The quantitative estimate of drug-likeness (QED) is 0.573. The molecule has 0 aliphatic rings. The van der Waals surface area contributed by atoms with E-state index in [1.165, 1.54) is 0 Å². The molecule has 0 saturated carbocycles. The highest BCUT2D eigenvalue weighted by molar-refractivity contribution is 9.10. The summed E-state index contributed by atoms with van der Waals surface area (Å²) in [7, 11) is 1.58. The van der Waals surface area contributed by atoms with E-state index < -0.39 is 5.91 Å². The molecule has 3 aromatic rings. The third-order valence-corrected chi connectivity index (χ3v) is 4.87. The van der Waals surface area contributed by atoms with Gasteiger partial charge >= 0.3 is 0 Å². The molecule has 28 heavy (non-hydrogen) atoms. The number of carbonyl (C=O) groups is 2. The van der Waals surface area contributed by atoms with Crippen molar-refractivity contribution in [1.29, 1.82) is 0 Å². The van der Waals surface area contributed by atoms with Gasteiger partial charge in [0.1, 0.15) is 11.5 Å². The Bertz CT molecular complexity index is 989. The summed E-state index contributed by atoms with van der Waals surface area (Å²) in [5.74, 6) is 0.487. The smallest absolute Gasteiger partial charge is 0.276 e. The van der Waals surface area contributed by atoms with Crippen molar-refractivity contribution < 1.29 is 19.1 Å².